The molecule has 38 heavy (non-hydrogen) atoms. The highest BCUT2D eigenvalue weighted by atomic mass is 32.2. The van der Waals surface area contributed by atoms with Gasteiger partial charge in [0, 0.05) is 55.9 Å². The number of piperazine rings is 1. The number of carbonyl (C=O) groups excluding carboxylic acids is 1. The van der Waals surface area contributed by atoms with Crippen molar-refractivity contribution in [3.63, 3.8) is 0 Å². The fourth-order valence-electron chi connectivity index (χ4n) is 4.29. The van der Waals surface area contributed by atoms with E-state index in [0.717, 1.165) is 18.9 Å². The van der Waals surface area contributed by atoms with Crippen molar-refractivity contribution in [2.45, 2.75) is 43.7 Å². The number of anilines is 1. The summed E-state index contributed by atoms with van der Waals surface area (Å²) in [5.74, 6) is -0.362. The molecule has 3 heterocycles. The van der Waals surface area contributed by atoms with Gasteiger partial charge in [-0.15, -0.1) is 5.10 Å². The molecule has 0 aromatic carbocycles. The minimum atomic E-state index is -5.93. The number of amides is 1. The van der Waals surface area contributed by atoms with Gasteiger partial charge in [0.05, 0.1) is 30.5 Å². The third-order valence-corrected chi connectivity index (χ3v) is 7.26. The van der Waals surface area contributed by atoms with E-state index in [1.54, 1.807) is 11.0 Å². The van der Waals surface area contributed by atoms with E-state index in [9.17, 15) is 31.6 Å². The molecule has 11 nitrogen and oxygen atoms in total. The zero-order valence-corrected chi connectivity index (χ0v) is 21.4. The standard InChI is InChI=1S/C23H25F3N6O5S/c1-14-13-31(6-7-32(14)20(33)5-8-36-2)22-16(11-27)9-18(21(29-22)15-3-4-15)17-10-19(30-28-12-17)37-38(34,35)23(24,25)26/h9-10,12,14-15H,3-8,13H2,1-2H3/t14-/m1/s1. The second-order valence-corrected chi connectivity index (χ2v) is 10.6. The number of nitrogens with zero attached hydrogens (tertiary/aromatic N) is 6. The van der Waals surface area contributed by atoms with E-state index >= 15 is 0 Å². The minimum Gasteiger partial charge on any atom is -0.384 e. The maximum Gasteiger partial charge on any atom is 0.534 e. The average Bonchev–Trinajstić information content (AvgIpc) is 3.71. The molecule has 2 aromatic heterocycles. The molecule has 0 spiro atoms. The SMILES string of the molecule is COCCC(=O)N1CCN(c2nc(C3CC3)c(-c3cnnc(OS(=O)(=O)C(F)(F)F)c3)cc2C#N)C[C@H]1C. The Morgan fingerprint density at radius 3 is 2.61 bits per heavy atom. The first-order chi connectivity index (χ1) is 17.9. The second kappa shape index (κ2) is 10.7. The number of nitriles is 1. The monoisotopic (exact) mass is 554 g/mol. The van der Waals surface area contributed by atoms with Crippen molar-refractivity contribution in [3.8, 4) is 23.1 Å². The van der Waals surface area contributed by atoms with Crippen molar-refractivity contribution in [1.82, 2.24) is 20.1 Å². The van der Waals surface area contributed by atoms with Crippen LogP contribution in [-0.4, -0.2) is 79.3 Å². The third-order valence-electron chi connectivity index (χ3n) is 6.31. The van der Waals surface area contributed by atoms with Crippen LogP contribution < -0.4 is 9.08 Å². The quantitative estimate of drug-likeness (QED) is 0.353. The van der Waals surface area contributed by atoms with Crippen LogP contribution in [0.2, 0.25) is 0 Å². The molecule has 1 amide bonds. The fraction of sp³-hybridized carbons (Fsp3) is 0.522. The second-order valence-electron chi connectivity index (χ2n) is 9.07. The molecule has 1 aliphatic heterocycles. The Hall–Kier alpha value is -3.51. The summed E-state index contributed by atoms with van der Waals surface area (Å²) >= 11 is 0. The molecule has 2 aromatic rings. The van der Waals surface area contributed by atoms with E-state index in [4.69, 9.17) is 9.72 Å². The summed E-state index contributed by atoms with van der Waals surface area (Å²) in [5.41, 5.74) is -4.15. The van der Waals surface area contributed by atoms with Crippen LogP contribution in [0.4, 0.5) is 19.0 Å². The Kier molecular flexibility index (Phi) is 7.75. The van der Waals surface area contributed by atoms with Crippen molar-refractivity contribution in [1.29, 1.82) is 5.26 Å². The Balaban J connectivity index is 1.64. The number of aromatic nitrogens is 3. The molecule has 15 heteroatoms. The maximum absolute atomic E-state index is 12.8. The molecule has 1 saturated carbocycles. The molecule has 4 rings (SSSR count). The highest BCUT2D eigenvalue weighted by Crippen LogP contribution is 2.45. The van der Waals surface area contributed by atoms with Crippen LogP contribution >= 0.6 is 0 Å². The van der Waals surface area contributed by atoms with Crippen molar-refractivity contribution in [2.24, 2.45) is 0 Å². The predicted octanol–water partition coefficient (Wildman–Crippen LogP) is 2.59. The lowest BCUT2D eigenvalue weighted by atomic mass is 10.0. The van der Waals surface area contributed by atoms with Gasteiger partial charge in [0.1, 0.15) is 11.9 Å². The number of hydrogen-bond acceptors (Lipinski definition) is 10. The number of pyridine rings is 1. The van der Waals surface area contributed by atoms with Crippen molar-refractivity contribution < 1.29 is 35.3 Å². The van der Waals surface area contributed by atoms with Gasteiger partial charge in [0.2, 0.25) is 5.91 Å². The van der Waals surface area contributed by atoms with Crippen molar-refractivity contribution >= 4 is 21.8 Å². The largest absolute Gasteiger partial charge is 0.534 e. The van der Waals surface area contributed by atoms with Gasteiger partial charge in [-0.1, -0.05) is 0 Å². The average molecular weight is 555 g/mol. The highest BCUT2D eigenvalue weighted by molar-refractivity contribution is 7.87. The summed E-state index contributed by atoms with van der Waals surface area (Å²) in [7, 11) is -4.40. The molecule has 1 aliphatic carbocycles. The molecule has 2 fully saturated rings. The number of halogens is 3. The summed E-state index contributed by atoms with van der Waals surface area (Å²) in [6, 6.07) is 4.58. The Morgan fingerprint density at radius 1 is 1.26 bits per heavy atom. The van der Waals surface area contributed by atoms with E-state index in [1.165, 1.54) is 13.3 Å². The van der Waals surface area contributed by atoms with Crippen LogP contribution in [0.25, 0.3) is 11.1 Å². The number of carbonyl (C=O) groups is 1. The van der Waals surface area contributed by atoms with E-state index in [2.05, 4.69) is 20.4 Å². The lowest BCUT2D eigenvalue weighted by molar-refractivity contribution is -0.134. The van der Waals surface area contributed by atoms with Gasteiger partial charge in [0.15, 0.2) is 0 Å². The Bertz CT molecular complexity index is 1360. The topological polar surface area (TPSA) is 139 Å². The van der Waals surface area contributed by atoms with Gasteiger partial charge in [0.25, 0.3) is 5.88 Å². The Morgan fingerprint density at radius 2 is 2.00 bits per heavy atom. The molecule has 204 valence electrons. The smallest absolute Gasteiger partial charge is 0.384 e. The van der Waals surface area contributed by atoms with E-state index < -0.39 is 21.5 Å². The van der Waals surface area contributed by atoms with Gasteiger partial charge in [-0.2, -0.15) is 31.9 Å². The van der Waals surface area contributed by atoms with Crippen LogP contribution in [0.3, 0.4) is 0 Å². The van der Waals surface area contributed by atoms with Crippen LogP contribution in [0, 0.1) is 11.3 Å². The van der Waals surface area contributed by atoms with E-state index in [1.807, 2.05) is 11.8 Å². The number of methoxy groups -OCH3 is 1. The molecule has 2 aliphatic rings. The lowest BCUT2D eigenvalue weighted by Gasteiger charge is -2.41. The van der Waals surface area contributed by atoms with Gasteiger partial charge in [-0.05, 0) is 25.8 Å². The zero-order valence-electron chi connectivity index (χ0n) is 20.6. The summed E-state index contributed by atoms with van der Waals surface area (Å²) in [6.07, 6.45) is 3.17. The first-order valence-electron chi connectivity index (χ1n) is 11.8. The highest BCUT2D eigenvalue weighted by Gasteiger charge is 2.49. The summed E-state index contributed by atoms with van der Waals surface area (Å²) in [5, 5.41) is 16.9. The van der Waals surface area contributed by atoms with Gasteiger partial charge < -0.3 is 18.7 Å². The molecule has 1 saturated heterocycles. The maximum atomic E-state index is 12.8. The van der Waals surface area contributed by atoms with Crippen molar-refractivity contribution in [3.05, 3.63) is 29.6 Å². The van der Waals surface area contributed by atoms with Crippen LogP contribution in [-0.2, 0) is 19.6 Å². The minimum absolute atomic E-state index is 0.0165. The number of alkyl halides is 3. The molecule has 0 radical (unpaired) electrons. The summed E-state index contributed by atoms with van der Waals surface area (Å²) < 4.78 is 70.2. The fourth-order valence-corrected chi connectivity index (χ4v) is 4.69. The first kappa shape index (κ1) is 27.5. The molecular formula is C23H25F3N6O5S. The lowest BCUT2D eigenvalue weighted by Crippen LogP contribution is -2.54. The molecule has 0 unspecified atom stereocenters. The van der Waals surface area contributed by atoms with Crippen LogP contribution in [0.5, 0.6) is 5.88 Å². The summed E-state index contributed by atoms with van der Waals surface area (Å²) in [6.45, 7) is 3.60. The van der Waals surface area contributed by atoms with E-state index in [0.29, 0.717) is 43.3 Å². The van der Waals surface area contributed by atoms with Crippen LogP contribution in [0.15, 0.2) is 18.3 Å². The Labute approximate surface area is 217 Å². The van der Waals surface area contributed by atoms with Crippen LogP contribution in [0.1, 0.15) is 43.4 Å². The molecule has 1 atom stereocenters. The number of hydrogen-bond donors (Lipinski definition) is 0. The van der Waals surface area contributed by atoms with Gasteiger partial charge >= 0.3 is 15.6 Å². The predicted molar refractivity (Wildman–Crippen MR) is 127 cm³/mol. The normalized spacial score (nSPS) is 18.3. The third kappa shape index (κ3) is 5.81. The van der Waals surface area contributed by atoms with Gasteiger partial charge in [-0.3, -0.25) is 4.79 Å². The van der Waals surface area contributed by atoms with E-state index in [-0.39, 0.29) is 35.4 Å². The number of ether oxygens (including phenoxy) is 1. The first-order valence-corrected chi connectivity index (χ1v) is 13.2. The zero-order chi connectivity index (χ0) is 27.7. The molecule has 0 N–H and O–H groups in total. The van der Waals surface area contributed by atoms with Gasteiger partial charge in [-0.25, -0.2) is 4.98 Å². The summed E-state index contributed by atoms with van der Waals surface area (Å²) in [4.78, 5) is 21.0. The molecule has 0 bridgehead atoms. The van der Waals surface area contributed by atoms with Crippen molar-refractivity contribution in [2.75, 3.05) is 38.3 Å². The number of rotatable bonds is 8. The molecular weight excluding hydrogens is 529 g/mol.